The van der Waals surface area contributed by atoms with Crippen LogP contribution in [0, 0.1) is 0 Å². The number of halogens is 1. The highest BCUT2D eigenvalue weighted by Gasteiger charge is 2.46. The molecule has 13 heavy (non-hydrogen) atoms. The first-order valence-corrected chi connectivity index (χ1v) is 5.48. The van der Waals surface area contributed by atoms with E-state index in [1.807, 2.05) is 0 Å². The molecule has 2 aliphatic rings. The fraction of sp³-hybridized carbons (Fsp3) is 0.455. The van der Waals surface area contributed by atoms with Crippen molar-refractivity contribution in [1.82, 2.24) is 0 Å². The number of fused-ring (bicyclic) bond motifs is 1. The molecule has 1 unspecified atom stereocenters. The molecule has 0 radical (unpaired) electrons. The van der Waals surface area contributed by atoms with Gasteiger partial charge in [-0.25, -0.2) is 0 Å². The normalized spacial score (nSPS) is 30.2. The summed E-state index contributed by atoms with van der Waals surface area (Å²) in [7, 11) is 0. The fourth-order valence-corrected chi connectivity index (χ4v) is 2.55. The standard InChI is InChI=1S/C11H11BrO/c12-10-2-1-9-6-11(7-13-11)4-3-8(9)5-10/h1-2,5H,3-4,6-7H2. The van der Waals surface area contributed by atoms with Crippen molar-refractivity contribution in [1.29, 1.82) is 0 Å². The van der Waals surface area contributed by atoms with Crippen molar-refractivity contribution < 1.29 is 4.74 Å². The summed E-state index contributed by atoms with van der Waals surface area (Å²) < 4.78 is 6.71. The summed E-state index contributed by atoms with van der Waals surface area (Å²) in [6.07, 6.45) is 3.50. The number of hydrogen-bond acceptors (Lipinski definition) is 1. The van der Waals surface area contributed by atoms with Gasteiger partial charge in [-0.2, -0.15) is 0 Å². The molecule has 0 amide bonds. The zero-order valence-electron chi connectivity index (χ0n) is 7.35. The molecule has 2 heteroatoms. The molecule has 1 spiro atoms. The lowest BCUT2D eigenvalue weighted by atomic mass is 9.84. The maximum Gasteiger partial charge on any atom is 0.0959 e. The number of aryl methyl sites for hydroxylation is 1. The average molecular weight is 239 g/mol. The molecule has 0 N–H and O–H groups in total. The molecule has 1 heterocycles. The monoisotopic (exact) mass is 238 g/mol. The molecule has 1 saturated heterocycles. The van der Waals surface area contributed by atoms with E-state index in [2.05, 4.69) is 34.1 Å². The predicted octanol–water partition coefficient (Wildman–Crippen LogP) is 2.71. The molecule has 0 bridgehead atoms. The Labute approximate surface area is 86.2 Å². The van der Waals surface area contributed by atoms with Crippen molar-refractivity contribution in [2.45, 2.75) is 24.9 Å². The second-order valence-corrected chi connectivity index (χ2v) is 4.98. The SMILES string of the molecule is Brc1ccc2c(c1)CCC1(CO1)C2. The Morgan fingerprint density at radius 2 is 2.15 bits per heavy atom. The van der Waals surface area contributed by atoms with E-state index in [1.54, 1.807) is 0 Å². The van der Waals surface area contributed by atoms with E-state index in [0.29, 0.717) is 0 Å². The minimum absolute atomic E-state index is 0.251. The van der Waals surface area contributed by atoms with Crippen LogP contribution in [0.1, 0.15) is 17.5 Å². The zero-order chi connectivity index (χ0) is 8.89. The van der Waals surface area contributed by atoms with E-state index in [4.69, 9.17) is 4.74 Å². The first-order chi connectivity index (χ1) is 6.27. The first-order valence-electron chi connectivity index (χ1n) is 4.69. The first kappa shape index (κ1) is 8.01. The maximum atomic E-state index is 5.51. The highest BCUT2D eigenvalue weighted by Crippen LogP contribution is 2.41. The Hall–Kier alpha value is -0.340. The van der Waals surface area contributed by atoms with Crippen LogP contribution < -0.4 is 0 Å². The van der Waals surface area contributed by atoms with Crippen molar-refractivity contribution in [2.75, 3.05) is 6.61 Å². The van der Waals surface area contributed by atoms with Crippen molar-refractivity contribution in [3.63, 3.8) is 0 Å². The molecule has 1 aliphatic heterocycles. The summed E-state index contributed by atoms with van der Waals surface area (Å²) in [6.45, 7) is 0.975. The van der Waals surface area contributed by atoms with Crippen molar-refractivity contribution >= 4 is 15.9 Å². The minimum atomic E-state index is 0.251. The number of ether oxygens (including phenoxy) is 1. The molecular weight excluding hydrogens is 228 g/mol. The van der Waals surface area contributed by atoms with Crippen LogP contribution in [0.15, 0.2) is 22.7 Å². The van der Waals surface area contributed by atoms with E-state index >= 15 is 0 Å². The van der Waals surface area contributed by atoms with Gasteiger partial charge in [-0.15, -0.1) is 0 Å². The molecular formula is C11H11BrO. The van der Waals surface area contributed by atoms with Gasteiger partial charge in [0.2, 0.25) is 0 Å². The second-order valence-electron chi connectivity index (χ2n) is 4.06. The van der Waals surface area contributed by atoms with Gasteiger partial charge < -0.3 is 4.74 Å². The van der Waals surface area contributed by atoms with Gasteiger partial charge in [0.05, 0.1) is 12.2 Å². The molecule has 1 fully saturated rings. The van der Waals surface area contributed by atoms with Crippen molar-refractivity contribution in [3.05, 3.63) is 33.8 Å². The third-order valence-corrected chi connectivity index (χ3v) is 3.58. The average Bonchev–Trinajstić information content (AvgIpc) is 2.87. The van der Waals surface area contributed by atoms with Crippen LogP contribution in [0.4, 0.5) is 0 Å². The molecule has 68 valence electrons. The van der Waals surface area contributed by atoms with Crippen LogP contribution in [0.2, 0.25) is 0 Å². The third kappa shape index (κ3) is 1.32. The molecule has 1 nitrogen and oxygen atoms in total. The Kier molecular flexibility index (Phi) is 1.59. The molecule has 1 aromatic rings. The summed E-state index contributed by atoms with van der Waals surface area (Å²) >= 11 is 3.50. The van der Waals surface area contributed by atoms with Gasteiger partial charge >= 0.3 is 0 Å². The van der Waals surface area contributed by atoms with Gasteiger partial charge in [0, 0.05) is 10.9 Å². The van der Waals surface area contributed by atoms with E-state index < -0.39 is 0 Å². The summed E-state index contributed by atoms with van der Waals surface area (Å²) in [6, 6.07) is 6.59. The topological polar surface area (TPSA) is 12.5 Å². The Bertz CT molecular complexity index is 355. The highest BCUT2D eigenvalue weighted by molar-refractivity contribution is 9.10. The van der Waals surface area contributed by atoms with Gasteiger partial charge in [0.15, 0.2) is 0 Å². The lowest BCUT2D eigenvalue weighted by Crippen LogP contribution is -2.22. The molecule has 1 aliphatic carbocycles. The van der Waals surface area contributed by atoms with Crippen LogP contribution in [-0.2, 0) is 17.6 Å². The fourth-order valence-electron chi connectivity index (χ4n) is 2.15. The van der Waals surface area contributed by atoms with Gasteiger partial charge in [0.1, 0.15) is 0 Å². The van der Waals surface area contributed by atoms with Crippen molar-refractivity contribution in [2.24, 2.45) is 0 Å². The highest BCUT2D eigenvalue weighted by atomic mass is 79.9. The molecule has 0 saturated carbocycles. The molecule has 1 aromatic carbocycles. The number of epoxide rings is 1. The summed E-state index contributed by atoms with van der Waals surface area (Å²) in [5.41, 5.74) is 3.23. The molecule has 3 rings (SSSR count). The maximum absolute atomic E-state index is 5.51. The smallest absolute Gasteiger partial charge is 0.0959 e. The number of benzene rings is 1. The summed E-state index contributed by atoms with van der Waals surface area (Å²) in [5.74, 6) is 0. The van der Waals surface area contributed by atoms with Gasteiger partial charge in [-0.3, -0.25) is 0 Å². The van der Waals surface area contributed by atoms with Crippen LogP contribution in [0.25, 0.3) is 0 Å². The summed E-state index contributed by atoms with van der Waals surface area (Å²) in [5, 5.41) is 0. The predicted molar refractivity (Wildman–Crippen MR) is 54.9 cm³/mol. The van der Waals surface area contributed by atoms with E-state index in [0.717, 1.165) is 13.0 Å². The number of rotatable bonds is 0. The van der Waals surface area contributed by atoms with Crippen molar-refractivity contribution in [3.8, 4) is 0 Å². The molecule has 1 atom stereocenters. The van der Waals surface area contributed by atoms with Crippen LogP contribution in [0.3, 0.4) is 0 Å². The second kappa shape index (κ2) is 2.58. The van der Waals surface area contributed by atoms with Gasteiger partial charge in [0.25, 0.3) is 0 Å². The van der Waals surface area contributed by atoms with E-state index in [1.165, 1.54) is 28.4 Å². The van der Waals surface area contributed by atoms with E-state index in [-0.39, 0.29) is 5.60 Å². The summed E-state index contributed by atoms with van der Waals surface area (Å²) in [4.78, 5) is 0. The minimum Gasteiger partial charge on any atom is -0.369 e. The zero-order valence-corrected chi connectivity index (χ0v) is 8.93. The van der Waals surface area contributed by atoms with E-state index in [9.17, 15) is 0 Å². The number of hydrogen-bond donors (Lipinski definition) is 0. The van der Waals surface area contributed by atoms with Crippen LogP contribution in [0.5, 0.6) is 0 Å². The largest absolute Gasteiger partial charge is 0.369 e. The third-order valence-electron chi connectivity index (χ3n) is 3.08. The lowest BCUT2D eigenvalue weighted by Gasteiger charge is -2.21. The van der Waals surface area contributed by atoms with Gasteiger partial charge in [-0.1, -0.05) is 22.0 Å². The Balaban J connectivity index is 2.00. The molecule has 0 aromatic heterocycles. The van der Waals surface area contributed by atoms with Crippen LogP contribution >= 0.6 is 15.9 Å². The Morgan fingerprint density at radius 3 is 2.92 bits per heavy atom. The lowest BCUT2D eigenvalue weighted by molar-refractivity contribution is 0.278. The van der Waals surface area contributed by atoms with Gasteiger partial charge in [-0.05, 0) is 36.1 Å². The van der Waals surface area contributed by atoms with Crippen LogP contribution in [-0.4, -0.2) is 12.2 Å². The quantitative estimate of drug-likeness (QED) is 0.634. The Morgan fingerprint density at radius 1 is 1.31 bits per heavy atom.